The van der Waals surface area contributed by atoms with Gasteiger partial charge in [-0.1, -0.05) is 19.1 Å². The zero-order chi connectivity index (χ0) is 13.4. The molecular weight excluding hydrogens is 236 g/mol. The van der Waals surface area contributed by atoms with E-state index in [9.17, 15) is 0 Å². The Morgan fingerprint density at radius 2 is 1.89 bits per heavy atom. The molecule has 2 aromatic heterocycles. The molecule has 96 valence electrons. The molecule has 3 aromatic rings. The predicted molar refractivity (Wildman–Crippen MR) is 77.4 cm³/mol. The molecule has 0 radical (unpaired) electrons. The maximum absolute atomic E-state index is 6.04. The van der Waals surface area contributed by atoms with Crippen molar-refractivity contribution in [3.8, 4) is 5.69 Å². The summed E-state index contributed by atoms with van der Waals surface area (Å²) in [5, 5.41) is 0. The third-order valence-corrected chi connectivity index (χ3v) is 3.38. The first kappa shape index (κ1) is 11.7. The van der Waals surface area contributed by atoms with Gasteiger partial charge in [0.25, 0.3) is 0 Å². The molecule has 4 heteroatoms. The topological polar surface area (TPSA) is 56.7 Å². The molecular formula is C15H16N4. The van der Waals surface area contributed by atoms with E-state index < -0.39 is 0 Å². The monoisotopic (exact) mass is 252 g/mol. The number of fused-ring (bicyclic) bond motifs is 1. The first-order valence-corrected chi connectivity index (χ1v) is 6.39. The van der Waals surface area contributed by atoms with E-state index in [-0.39, 0.29) is 0 Å². The standard InChI is InChI=1S/C15H16N4/c1-3-11-4-6-12(7-5-11)19-14-13(18-15(19)16)10(2)8-9-17-14/h4-9H,3H2,1-2H3,(H2,16,18). The Hall–Kier alpha value is -2.36. The first-order chi connectivity index (χ1) is 9.20. The maximum Gasteiger partial charge on any atom is 0.207 e. The Kier molecular flexibility index (Phi) is 2.71. The number of nitrogens with two attached hydrogens (primary N) is 1. The third kappa shape index (κ3) is 1.85. The summed E-state index contributed by atoms with van der Waals surface area (Å²) in [5.74, 6) is 0.473. The number of aromatic nitrogens is 3. The molecule has 0 aliphatic carbocycles. The van der Waals surface area contributed by atoms with Gasteiger partial charge in [0.2, 0.25) is 5.95 Å². The number of nitrogens with zero attached hydrogens (tertiary/aromatic N) is 3. The smallest absolute Gasteiger partial charge is 0.207 e. The van der Waals surface area contributed by atoms with Crippen molar-refractivity contribution in [2.75, 3.05) is 5.73 Å². The maximum atomic E-state index is 6.04. The minimum Gasteiger partial charge on any atom is -0.369 e. The molecule has 0 atom stereocenters. The van der Waals surface area contributed by atoms with Gasteiger partial charge in [0.05, 0.1) is 5.69 Å². The summed E-state index contributed by atoms with van der Waals surface area (Å²) in [7, 11) is 0. The molecule has 2 heterocycles. The summed E-state index contributed by atoms with van der Waals surface area (Å²) in [6.45, 7) is 4.15. The normalized spacial score (nSPS) is 11.1. The van der Waals surface area contributed by atoms with E-state index in [1.54, 1.807) is 6.20 Å². The molecule has 0 saturated carbocycles. The van der Waals surface area contributed by atoms with E-state index in [0.717, 1.165) is 28.8 Å². The molecule has 0 bridgehead atoms. The van der Waals surface area contributed by atoms with Gasteiger partial charge in [-0.05, 0) is 42.7 Å². The second-order valence-electron chi connectivity index (χ2n) is 4.63. The summed E-state index contributed by atoms with van der Waals surface area (Å²) in [6, 6.07) is 10.3. The van der Waals surface area contributed by atoms with Gasteiger partial charge in [-0.2, -0.15) is 0 Å². The summed E-state index contributed by atoms with van der Waals surface area (Å²) in [6.07, 6.45) is 2.81. The van der Waals surface area contributed by atoms with Crippen LogP contribution in [0, 0.1) is 6.92 Å². The largest absolute Gasteiger partial charge is 0.369 e. The molecule has 4 nitrogen and oxygen atoms in total. The Morgan fingerprint density at radius 1 is 1.16 bits per heavy atom. The van der Waals surface area contributed by atoms with Crippen LogP contribution in [0.1, 0.15) is 18.1 Å². The molecule has 0 amide bonds. The predicted octanol–water partition coefficient (Wildman–Crippen LogP) is 2.87. The van der Waals surface area contributed by atoms with Crippen LogP contribution in [0.4, 0.5) is 5.95 Å². The molecule has 0 aliphatic rings. The second kappa shape index (κ2) is 4.39. The van der Waals surface area contributed by atoms with Crippen LogP contribution >= 0.6 is 0 Å². The van der Waals surface area contributed by atoms with E-state index in [2.05, 4.69) is 41.2 Å². The van der Waals surface area contributed by atoms with Crippen molar-refractivity contribution >= 4 is 17.1 Å². The molecule has 0 unspecified atom stereocenters. The summed E-state index contributed by atoms with van der Waals surface area (Å²) < 4.78 is 1.89. The van der Waals surface area contributed by atoms with E-state index >= 15 is 0 Å². The summed E-state index contributed by atoms with van der Waals surface area (Å²) >= 11 is 0. The highest BCUT2D eigenvalue weighted by Gasteiger charge is 2.12. The fourth-order valence-corrected chi connectivity index (χ4v) is 2.25. The second-order valence-corrected chi connectivity index (χ2v) is 4.63. The van der Waals surface area contributed by atoms with Gasteiger partial charge in [-0.3, -0.25) is 4.57 Å². The number of imidazole rings is 1. The lowest BCUT2D eigenvalue weighted by Gasteiger charge is -2.06. The number of benzene rings is 1. The van der Waals surface area contributed by atoms with Gasteiger partial charge >= 0.3 is 0 Å². The van der Waals surface area contributed by atoms with E-state index in [1.165, 1.54) is 5.56 Å². The van der Waals surface area contributed by atoms with Gasteiger partial charge in [-0.15, -0.1) is 0 Å². The van der Waals surface area contributed by atoms with Crippen molar-refractivity contribution in [2.45, 2.75) is 20.3 Å². The molecule has 0 aliphatic heterocycles. The Bertz CT molecular complexity index is 726. The van der Waals surface area contributed by atoms with Crippen molar-refractivity contribution in [3.63, 3.8) is 0 Å². The van der Waals surface area contributed by atoms with Crippen LogP contribution in [0.5, 0.6) is 0 Å². The number of rotatable bonds is 2. The zero-order valence-electron chi connectivity index (χ0n) is 11.1. The lowest BCUT2D eigenvalue weighted by Crippen LogP contribution is -2.01. The molecule has 0 saturated heterocycles. The number of aryl methyl sites for hydroxylation is 2. The van der Waals surface area contributed by atoms with Crippen LogP contribution in [0.3, 0.4) is 0 Å². The molecule has 19 heavy (non-hydrogen) atoms. The minimum atomic E-state index is 0.473. The first-order valence-electron chi connectivity index (χ1n) is 6.39. The third-order valence-electron chi connectivity index (χ3n) is 3.38. The highest BCUT2D eigenvalue weighted by atomic mass is 15.2. The fourth-order valence-electron chi connectivity index (χ4n) is 2.25. The molecule has 0 fully saturated rings. The Balaban J connectivity index is 2.23. The van der Waals surface area contributed by atoms with Crippen LogP contribution in [0.15, 0.2) is 36.5 Å². The van der Waals surface area contributed by atoms with Crippen LogP contribution in [0.25, 0.3) is 16.9 Å². The van der Waals surface area contributed by atoms with Crippen LogP contribution in [-0.4, -0.2) is 14.5 Å². The average molecular weight is 252 g/mol. The Labute approximate surface area is 111 Å². The van der Waals surface area contributed by atoms with Gasteiger partial charge in [0, 0.05) is 6.20 Å². The molecule has 3 rings (SSSR count). The molecule has 0 spiro atoms. The fraction of sp³-hybridized carbons (Fsp3) is 0.200. The zero-order valence-corrected chi connectivity index (χ0v) is 11.1. The van der Waals surface area contributed by atoms with Gasteiger partial charge in [0.1, 0.15) is 5.52 Å². The average Bonchev–Trinajstić information content (AvgIpc) is 2.77. The highest BCUT2D eigenvalue weighted by Crippen LogP contribution is 2.23. The van der Waals surface area contributed by atoms with Crippen LogP contribution in [0.2, 0.25) is 0 Å². The number of nitrogen functional groups attached to an aromatic ring is 1. The number of hydrogen-bond donors (Lipinski definition) is 1. The summed E-state index contributed by atoms with van der Waals surface area (Å²) in [4.78, 5) is 8.81. The van der Waals surface area contributed by atoms with Crippen molar-refractivity contribution in [3.05, 3.63) is 47.7 Å². The number of anilines is 1. The van der Waals surface area contributed by atoms with E-state index in [1.807, 2.05) is 17.6 Å². The van der Waals surface area contributed by atoms with Gasteiger partial charge in [0.15, 0.2) is 5.65 Å². The molecule has 2 N–H and O–H groups in total. The van der Waals surface area contributed by atoms with Crippen molar-refractivity contribution in [1.29, 1.82) is 0 Å². The van der Waals surface area contributed by atoms with Crippen LogP contribution in [-0.2, 0) is 6.42 Å². The van der Waals surface area contributed by atoms with E-state index in [4.69, 9.17) is 5.73 Å². The Morgan fingerprint density at radius 3 is 2.58 bits per heavy atom. The van der Waals surface area contributed by atoms with Crippen LogP contribution < -0.4 is 5.73 Å². The van der Waals surface area contributed by atoms with Crippen molar-refractivity contribution in [2.24, 2.45) is 0 Å². The summed E-state index contributed by atoms with van der Waals surface area (Å²) in [5.41, 5.74) is 11.1. The van der Waals surface area contributed by atoms with Gasteiger partial charge in [-0.25, -0.2) is 9.97 Å². The van der Waals surface area contributed by atoms with Crippen molar-refractivity contribution in [1.82, 2.24) is 14.5 Å². The quantitative estimate of drug-likeness (QED) is 0.763. The molecule has 1 aromatic carbocycles. The number of pyridine rings is 1. The lowest BCUT2D eigenvalue weighted by atomic mass is 10.1. The lowest BCUT2D eigenvalue weighted by molar-refractivity contribution is 1.07. The minimum absolute atomic E-state index is 0.473. The van der Waals surface area contributed by atoms with Gasteiger partial charge < -0.3 is 5.73 Å². The SMILES string of the molecule is CCc1ccc(-n2c(N)nc3c(C)ccnc32)cc1. The van der Waals surface area contributed by atoms with Crippen molar-refractivity contribution < 1.29 is 0 Å². The number of hydrogen-bond acceptors (Lipinski definition) is 3. The highest BCUT2D eigenvalue weighted by molar-refractivity contribution is 5.79. The van der Waals surface area contributed by atoms with E-state index in [0.29, 0.717) is 5.95 Å².